The van der Waals surface area contributed by atoms with Crippen LogP contribution in [0.4, 0.5) is 0 Å². The molecule has 4 heterocycles. The molecule has 0 atom stereocenters. The minimum atomic E-state index is 0.621. The fourth-order valence-electron chi connectivity index (χ4n) is 4.49. The number of hydrogen-bond donors (Lipinski definition) is 0. The highest BCUT2D eigenvalue weighted by atomic mass is 35.5. The molecule has 8 heteroatoms. The molecule has 0 aliphatic heterocycles. The van der Waals surface area contributed by atoms with Gasteiger partial charge in [0.05, 0.1) is 42.3 Å². The molecule has 0 radical (unpaired) electrons. The Balaban J connectivity index is 1.69. The second kappa shape index (κ2) is 8.70. The van der Waals surface area contributed by atoms with E-state index in [0.29, 0.717) is 16.5 Å². The van der Waals surface area contributed by atoms with Crippen LogP contribution in [-0.2, 0) is 7.05 Å². The lowest BCUT2D eigenvalue weighted by Crippen LogP contribution is -1.94. The summed E-state index contributed by atoms with van der Waals surface area (Å²) >= 11 is 6.67. The minimum Gasteiger partial charge on any atom is -0.497 e. The molecular formula is C28H22ClN5O2. The smallest absolute Gasteiger partial charge is 0.147 e. The van der Waals surface area contributed by atoms with Gasteiger partial charge in [0.2, 0.25) is 0 Å². The van der Waals surface area contributed by atoms with Gasteiger partial charge in [0, 0.05) is 59.3 Å². The number of methoxy groups -OCH3 is 2. The Kier molecular flexibility index (Phi) is 5.34. The van der Waals surface area contributed by atoms with Crippen molar-refractivity contribution in [2.45, 2.75) is 0 Å². The van der Waals surface area contributed by atoms with Crippen molar-refractivity contribution in [3.05, 3.63) is 84.4 Å². The van der Waals surface area contributed by atoms with E-state index in [1.807, 2.05) is 80.4 Å². The van der Waals surface area contributed by atoms with E-state index in [0.717, 1.165) is 50.2 Å². The summed E-state index contributed by atoms with van der Waals surface area (Å²) in [5, 5.41) is 5.85. The van der Waals surface area contributed by atoms with E-state index in [4.69, 9.17) is 31.0 Å². The number of pyridine rings is 2. The van der Waals surface area contributed by atoms with Gasteiger partial charge in [-0.2, -0.15) is 5.10 Å². The third kappa shape index (κ3) is 3.65. The number of imidazole rings is 1. The standard InChI is InChI=1S/C28H22ClN5O2/c1-33-16-19(15-31-33)18-12-23-25(30-14-18)8-9-34-27(17-10-20(35-2)13-21(11-17)36-3)26(32-28(23)34)22-6-4-5-7-24(22)29/h4-16H,1-3H3. The number of nitrogens with zero attached hydrogens (tertiary/aromatic N) is 5. The van der Waals surface area contributed by atoms with Crippen molar-refractivity contribution in [2.24, 2.45) is 7.05 Å². The molecule has 0 N–H and O–H groups in total. The summed E-state index contributed by atoms with van der Waals surface area (Å²) in [4.78, 5) is 9.85. The molecule has 0 saturated carbocycles. The van der Waals surface area contributed by atoms with E-state index in [1.165, 1.54) is 0 Å². The predicted molar refractivity (Wildman–Crippen MR) is 142 cm³/mol. The van der Waals surface area contributed by atoms with Gasteiger partial charge in [-0.15, -0.1) is 0 Å². The molecule has 0 bridgehead atoms. The molecule has 0 spiro atoms. The van der Waals surface area contributed by atoms with Crippen LogP contribution >= 0.6 is 11.6 Å². The predicted octanol–water partition coefficient (Wildman–Crippen LogP) is 6.29. The number of fused-ring (bicyclic) bond motifs is 3. The normalized spacial score (nSPS) is 11.3. The molecule has 2 aromatic carbocycles. The van der Waals surface area contributed by atoms with Gasteiger partial charge in [-0.05, 0) is 30.3 Å². The zero-order valence-corrected chi connectivity index (χ0v) is 20.7. The van der Waals surface area contributed by atoms with Crippen molar-refractivity contribution in [1.29, 1.82) is 0 Å². The third-order valence-electron chi connectivity index (χ3n) is 6.24. The number of halogens is 1. The van der Waals surface area contributed by atoms with E-state index in [-0.39, 0.29) is 0 Å². The molecule has 36 heavy (non-hydrogen) atoms. The van der Waals surface area contributed by atoms with Crippen LogP contribution in [-0.4, -0.2) is 38.4 Å². The van der Waals surface area contributed by atoms with Crippen molar-refractivity contribution in [3.63, 3.8) is 0 Å². The Morgan fingerprint density at radius 3 is 2.33 bits per heavy atom. The lowest BCUT2D eigenvalue weighted by atomic mass is 10.0. The molecule has 0 aliphatic rings. The van der Waals surface area contributed by atoms with Gasteiger partial charge in [-0.3, -0.25) is 14.1 Å². The lowest BCUT2D eigenvalue weighted by molar-refractivity contribution is 0.394. The van der Waals surface area contributed by atoms with E-state index < -0.39 is 0 Å². The fraction of sp³-hybridized carbons (Fsp3) is 0.107. The number of aromatic nitrogens is 5. The van der Waals surface area contributed by atoms with Crippen molar-refractivity contribution in [1.82, 2.24) is 24.1 Å². The van der Waals surface area contributed by atoms with Gasteiger partial charge in [-0.1, -0.05) is 29.8 Å². The van der Waals surface area contributed by atoms with E-state index in [2.05, 4.69) is 15.6 Å². The summed E-state index contributed by atoms with van der Waals surface area (Å²) in [5.74, 6) is 1.37. The van der Waals surface area contributed by atoms with E-state index >= 15 is 0 Å². The summed E-state index contributed by atoms with van der Waals surface area (Å²) in [6.45, 7) is 0. The zero-order valence-electron chi connectivity index (χ0n) is 19.9. The lowest BCUT2D eigenvalue weighted by Gasteiger charge is -2.11. The number of rotatable bonds is 5. The van der Waals surface area contributed by atoms with Gasteiger partial charge in [0.1, 0.15) is 17.1 Å². The molecular weight excluding hydrogens is 474 g/mol. The highest BCUT2D eigenvalue weighted by Crippen LogP contribution is 2.40. The Morgan fingerprint density at radius 1 is 0.861 bits per heavy atom. The van der Waals surface area contributed by atoms with E-state index in [9.17, 15) is 0 Å². The number of aryl methyl sites for hydroxylation is 1. The minimum absolute atomic E-state index is 0.621. The topological polar surface area (TPSA) is 66.5 Å². The van der Waals surface area contributed by atoms with Crippen molar-refractivity contribution >= 4 is 28.2 Å². The third-order valence-corrected chi connectivity index (χ3v) is 6.57. The van der Waals surface area contributed by atoms with Crippen LogP contribution in [0.3, 0.4) is 0 Å². The molecule has 0 unspecified atom stereocenters. The second-order valence-corrected chi connectivity index (χ2v) is 8.87. The average Bonchev–Trinajstić information content (AvgIpc) is 3.52. The van der Waals surface area contributed by atoms with Crippen LogP contribution in [0.25, 0.3) is 50.2 Å². The maximum absolute atomic E-state index is 6.67. The van der Waals surface area contributed by atoms with Gasteiger partial charge < -0.3 is 9.47 Å². The van der Waals surface area contributed by atoms with Crippen LogP contribution in [0.2, 0.25) is 5.02 Å². The largest absolute Gasteiger partial charge is 0.497 e. The SMILES string of the molecule is COc1cc(OC)cc(-c2c(-c3ccccc3Cl)nc3c4cc(-c5cnn(C)c5)cnc4ccn23)c1. The Labute approximate surface area is 212 Å². The Hall–Kier alpha value is -4.36. The summed E-state index contributed by atoms with van der Waals surface area (Å²) in [7, 11) is 5.18. The first-order valence-electron chi connectivity index (χ1n) is 11.3. The van der Waals surface area contributed by atoms with Gasteiger partial charge in [0.25, 0.3) is 0 Å². The maximum Gasteiger partial charge on any atom is 0.147 e. The molecule has 0 amide bonds. The molecule has 6 rings (SSSR count). The quantitative estimate of drug-likeness (QED) is 0.281. The molecule has 4 aromatic heterocycles. The van der Waals surface area contributed by atoms with Crippen LogP contribution in [0.15, 0.2) is 79.4 Å². The van der Waals surface area contributed by atoms with Gasteiger partial charge >= 0.3 is 0 Å². The first-order chi connectivity index (χ1) is 17.6. The monoisotopic (exact) mass is 495 g/mol. The summed E-state index contributed by atoms with van der Waals surface area (Å²) in [6.07, 6.45) is 7.65. The van der Waals surface area contributed by atoms with Crippen LogP contribution in [0.5, 0.6) is 11.5 Å². The van der Waals surface area contributed by atoms with E-state index in [1.54, 1.807) is 18.9 Å². The van der Waals surface area contributed by atoms with Crippen molar-refractivity contribution in [2.75, 3.05) is 14.2 Å². The highest BCUT2D eigenvalue weighted by Gasteiger charge is 2.21. The first kappa shape index (κ1) is 22.1. The maximum atomic E-state index is 6.67. The van der Waals surface area contributed by atoms with Crippen molar-refractivity contribution < 1.29 is 9.47 Å². The molecule has 0 saturated heterocycles. The molecule has 0 fully saturated rings. The summed E-state index contributed by atoms with van der Waals surface area (Å²) in [5.41, 5.74) is 6.95. The van der Waals surface area contributed by atoms with Crippen LogP contribution < -0.4 is 9.47 Å². The molecule has 7 nitrogen and oxygen atoms in total. The molecule has 0 aliphatic carbocycles. The Bertz CT molecular complexity index is 1730. The zero-order chi connectivity index (χ0) is 24.8. The molecule has 6 aromatic rings. The molecule has 178 valence electrons. The summed E-state index contributed by atoms with van der Waals surface area (Å²) < 4.78 is 15.0. The number of hydrogen-bond acceptors (Lipinski definition) is 5. The van der Waals surface area contributed by atoms with Crippen molar-refractivity contribution in [3.8, 4) is 45.1 Å². The van der Waals surface area contributed by atoms with Gasteiger partial charge in [-0.25, -0.2) is 4.98 Å². The summed E-state index contributed by atoms with van der Waals surface area (Å²) in [6, 6.07) is 17.6. The van der Waals surface area contributed by atoms with Gasteiger partial charge in [0.15, 0.2) is 0 Å². The average molecular weight is 496 g/mol. The van der Waals surface area contributed by atoms with Crippen LogP contribution in [0, 0.1) is 0 Å². The highest BCUT2D eigenvalue weighted by molar-refractivity contribution is 6.33. The van der Waals surface area contributed by atoms with Crippen LogP contribution in [0.1, 0.15) is 0 Å². The second-order valence-electron chi connectivity index (χ2n) is 8.46. The fourth-order valence-corrected chi connectivity index (χ4v) is 4.71. The first-order valence-corrected chi connectivity index (χ1v) is 11.7. The number of ether oxygens (including phenoxy) is 2. The Morgan fingerprint density at radius 2 is 1.64 bits per heavy atom. The number of benzene rings is 2.